The van der Waals surface area contributed by atoms with Crippen LogP contribution in [0.3, 0.4) is 0 Å². The maximum atomic E-state index is 12.8. The van der Waals surface area contributed by atoms with Crippen molar-refractivity contribution in [3.8, 4) is 0 Å². The molecule has 0 amide bonds. The summed E-state index contributed by atoms with van der Waals surface area (Å²) in [5, 5.41) is 0. The van der Waals surface area contributed by atoms with Crippen LogP contribution in [0.5, 0.6) is 0 Å². The van der Waals surface area contributed by atoms with Crippen LogP contribution in [0.4, 0.5) is 0 Å². The monoisotopic (exact) mass is 278 g/mol. The fraction of sp³-hybridized carbons (Fsp3) is 0.944. The molecule has 0 aromatic carbocycles. The zero-order valence-electron chi connectivity index (χ0n) is 13.0. The van der Waals surface area contributed by atoms with Gasteiger partial charge in [-0.3, -0.25) is 4.79 Å². The van der Waals surface area contributed by atoms with Gasteiger partial charge in [0.2, 0.25) is 0 Å². The van der Waals surface area contributed by atoms with Crippen LogP contribution in [0.25, 0.3) is 0 Å². The minimum atomic E-state index is 0.0829. The molecule has 0 aromatic rings. The molecule has 0 N–H and O–H groups in total. The highest BCUT2D eigenvalue weighted by atomic mass is 16.5. The lowest BCUT2D eigenvalue weighted by molar-refractivity contribution is -0.146. The third kappa shape index (κ3) is 2.95. The summed E-state index contributed by atoms with van der Waals surface area (Å²) >= 11 is 0. The Bertz CT molecular complexity index is 338. The summed E-state index contributed by atoms with van der Waals surface area (Å²) in [4.78, 5) is 12.8. The van der Waals surface area contributed by atoms with Crippen molar-refractivity contribution in [2.75, 3.05) is 6.61 Å². The van der Waals surface area contributed by atoms with Gasteiger partial charge in [0.1, 0.15) is 5.78 Å². The van der Waals surface area contributed by atoms with Crippen LogP contribution < -0.4 is 0 Å². The van der Waals surface area contributed by atoms with Crippen LogP contribution in [-0.4, -0.2) is 18.0 Å². The van der Waals surface area contributed by atoms with Crippen molar-refractivity contribution in [1.29, 1.82) is 0 Å². The van der Waals surface area contributed by atoms with Gasteiger partial charge in [0, 0.05) is 18.4 Å². The Hall–Kier alpha value is -0.370. The maximum absolute atomic E-state index is 12.8. The normalized spacial score (nSPS) is 37.1. The van der Waals surface area contributed by atoms with Gasteiger partial charge < -0.3 is 4.74 Å². The number of carbonyl (C=O) groups is 1. The molecule has 0 bridgehead atoms. The van der Waals surface area contributed by atoms with E-state index >= 15 is 0 Å². The summed E-state index contributed by atoms with van der Waals surface area (Å²) in [6.07, 6.45) is 13.2. The van der Waals surface area contributed by atoms with E-state index in [2.05, 4.69) is 6.92 Å². The second-order valence-electron chi connectivity index (χ2n) is 7.47. The number of ether oxygens (including phenoxy) is 1. The lowest BCUT2D eigenvalue weighted by Crippen LogP contribution is -2.44. The van der Waals surface area contributed by atoms with Crippen molar-refractivity contribution in [2.24, 2.45) is 17.8 Å². The van der Waals surface area contributed by atoms with E-state index in [1.165, 1.54) is 51.4 Å². The molecule has 1 heterocycles. The average molecular weight is 278 g/mol. The van der Waals surface area contributed by atoms with E-state index in [0.717, 1.165) is 31.8 Å². The second kappa shape index (κ2) is 6.17. The van der Waals surface area contributed by atoms with Crippen LogP contribution in [-0.2, 0) is 9.53 Å². The van der Waals surface area contributed by atoms with Crippen molar-refractivity contribution in [2.45, 2.75) is 83.2 Å². The molecule has 0 aromatic heterocycles. The molecule has 3 unspecified atom stereocenters. The summed E-state index contributed by atoms with van der Waals surface area (Å²) in [7, 11) is 0. The van der Waals surface area contributed by atoms with E-state index in [9.17, 15) is 4.79 Å². The Labute approximate surface area is 123 Å². The molecule has 3 aliphatic rings. The Balaban J connectivity index is 1.60. The van der Waals surface area contributed by atoms with Crippen LogP contribution in [0.1, 0.15) is 77.6 Å². The molecule has 114 valence electrons. The second-order valence-corrected chi connectivity index (χ2v) is 7.47. The molecule has 0 radical (unpaired) electrons. The van der Waals surface area contributed by atoms with Gasteiger partial charge in [0.15, 0.2) is 0 Å². The Morgan fingerprint density at radius 3 is 2.60 bits per heavy atom. The van der Waals surface area contributed by atoms with E-state index in [4.69, 9.17) is 4.74 Å². The number of rotatable bonds is 3. The number of carbonyl (C=O) groups excluding carboxylic acids is 1. The lowest BCUT2D eigenvalue weighted by Gasteiger charge is -2.43. The summed E-state index contributed by atoms with van der Waals surface area (Å²) in [5.74, 6) is 2.09. The van der Waals surface area contributed by atoms with Crippen LogP contribution in [0, 0.1) is 17.8 Å². The number of hydrogen-bond acceptors (Lipinski definition) is 2. The van der Waals surface area contributed by atoms with Crippen molar-refractivity contribution in [1.82, 2.24) is 0 Å². The molecule has 20 heavy (non-hydrogen) atoms. The molecule has 1 spiro atoms. The smallest absolute Gasteiger partial charge is 0.139 e. The van der Waals surface area contributed by atoms with Crippen LogP contribution in [0.2, 0.25) is 0 Å². The Morgan fingerprint density at radius 1 is 1.10 bits per heavy atom. The fourth-order valence-electron chi connectivity index (χ4n) is 4.85. The van der Waals surface area contributed by atoms with Gasteiger partial charge in [-0.1, -0.05) is 32.6 Å². The quantitative estimate of drug-likeness (QED) is 0.759. The lowest BCUT2D eigenvalue weighted by atomic mass is 9.73. The Morgan fingerprint density at radius 2 is 1.90 bits per heavy atom. The van der Waals surface area contributed by atoms with Gasteiger partial charge in [-0.2, -0.15) is 0 Å². The molecular weight excluding hydrogens is 248 g/mol. The maximum Gasteiger partial charge on any atom is 0.139 e. The van der Waals surface area contributed by atoms with E-state index in [-0.39, 0.29) is 5.60 Å². The van der Waals surface area contributed by atoms with E-state index in [0.29, 0.717) is 17.6 Å². The number of ketones is 1. The highest BCUT2D eigenvalue weighted by Crippen LogP contribution is 2.43. The van der Waals surface area contributed by atoms with Gasteiger partial charge in [0.05, 0.1) is 5.60 Å². The number of Topliss-reactive ketones (excluding diaryl/α,β-unsaturated/α-hetero) is 1. The van der Waals surface area contributed by atoms with Crippen LogP contribution in [0.15, 0.2) is 0 Å². The topological polar surface area (TPSA) is 26.3 Å². The first-order chi connectivity index (χ1) is 9.72. The SMILES string of the molecule is CCC1CCC(C(=O)C2CCOC3(CCCCC3)C2)C1. The fourth-order valence-corrected chi connectivity index (χ4v) is 4.85. The minimum Gasteiger partial charge on any atom is -0.375 e. The third-order valence-electron chi connectivity index (χ3n) is 6.18. The molecule has 3 rings (SSSR count). The zero-order chi connectivity index (χ0) is 14.0. The predicted octanol–water partition coefficient (Wildman–Crippen LogP) is 4.51. The van der Waals surface area contributed by atoms with Crippen molar-refractivity contribution in [3.05, 3.63) is 0 Å². The predicted molar refractivity (Wildman–Crippen MR) is 80.6 cm³/mol. The third-order valence-corrected chi connectivity index (χ3v) is 6.18. The minimum absolute atomic E-state index is 0.0829. The van der Waals surface area contributed by atoms with E-state index in [1.807, 2.05) is 0 Å². The molecule has 3 atom stereocenters. The molecule has 2 heteroatoms. The van der Waals surface area contributed by atoms with E-state index in [1.54, 1.807) is 0 Å². The van der Waals surface area contributed by atoms with Crippen molar-refractivity contribution in [3.63, 3.8) is 0 Å². The first kappa shape index (κ1) is 14.6. The van der Waals surface area contributed by atoms with Gasteiger partial charge >= 0.3 is 0 Å². The van der Waals surface area contributed by atoms with Crippen molar-refractivity contribution >= 4 is 5.78 Å². The first-order valence-corrected chi connectivity index (χ1v) is 8.90. The first-order valence-electron chi connectivity index (χ1n) is 8.90. The largest absolute Gasteiger partial charge is 0.375 e. The number of hydrogen-bond donors (Lipinski definition) is 0. The molecule has 1 aliphatic heterocycles. The summed E-state index contributed by atoms with van der Waals surface area (Å²) in [6, 6.07) is 0. The molecule has 3 fully saturated rings. The average Bonchev–Trinajstić information content (AvgIpc) is 2.96. The highest BCUT2D eigenvalue weighted by Gasteiger charge is 2.42. The van der Waals surface area contributed by atoms with Crippen molar-refractivity contribution < 1.29 is 9.53 Å². The van der Waals surface area contributed by atoms with Gasteiger partial charge in [-0.15, -0.1) is 0 Å². The Kier molecular flexibility index (Phi) is 4.49. The highest BCUT2D eigenvalue weighted by molar-refractivity contribution is 5.83. The molecule has 2 aliphatic carbocycles. The molecule has 2 saturated carbocycles. The summed E-state index contributed by atoms with van der Waals surface area (Å²) in [6.45, 7) is 3.09. The van der Waals surface area contributed by atoms with E-state index < -0.39 is 0 Å². The summed E-state index contributed by atoms with van der Waals surface area (Å²) < 4.78 is 6.14. The van der Waals surface area contributed by atoms with Gasteiger partial charge in [0.25, 0.3) is 0 Å². The zero-order valence-corrected chi connectivity index (χ0v) is 13.0. The molecule has 2 nitrogen and oxygen atoms in total. The van der Waals surface area contributed by atoms with Gasteiger partial charge in [-0.25, -0.2) is 0 Å². The molecular formula is C18H30O2. The molecule has 1 saturated heterocycles. The standard InChI is InChI=1S/C18H30O2/c1-2-14-6-7-15(12-14)17(19)16-8-11-20-18(13-16)9-4-3-5-10-18/h14-16H,2-13H2,1H3. The van der Waals surface area contributed by atoms with Crippen LogP contribution >= 0.6 is 0 Å². The van der Waals surface area contributed by atoms with Gasteiger partial charge in [-0.05, 0) is 50.9 Å². The summed E-state index contributed by atoms with van der Waals surface area (Å²) in [5.41, 5.74) is 0.0829.